The Morgan fingerprint density at radius 2 is 2.07 bits per heavy atom. The van der Waals surface area contributed by atoms with Crippen molar-refractivity contribution >= 4 is 17.4 Å². The van der Waals surface area contributed by atoms with Gasteiger partial charge in [-0.3, -0.25) is 10.8 Å². The Balaban J connectivity index is 3.02. The Morgan fingerprint density at radius 3 is 2.60 bits per heavy atom. The van der Waals surface area contributed by atoms with Gasteiger partial charge in [0.2, 0.25) is 0 Å². The van der Waals surface area contributed by atoms with Crippen LogP contribution in [0.4, 0.5) is 13.2 Å². The lowest BCUT2D eigenvalue weighted by atomic mass is 10.4. The lowest BCUT2D eigenvalue weighted by molar-refractivity contribution is -0.121. The van der Waals surface area contributed by atoms with Crippen LogP contribution < -0.4 is 5.49 Å². The smallest absolute Gasteiger partial charge is 0.286 e. The minimum atomic E-state index is -4.50. The van der Waals surface area contributed by atoms with Crippen LogP contribution in [0.25, 0.3) is 0 Å². The zero-order chi connectivity index (χ0) is 11.6. The van der Waals surface area contributed by atoms with Crippen LogP contribution >= 0.6 is 11.6 Å². The number of halogens is 4. The van der Waals surface area contributed by atoms with Gasteiger partial charge in [0.25, 0.3) is 0 Å². The summed E-state index contributed by atoms with van der Waals surface area (Å²) in [5.74, 6) is -0.838. The molecule has 1 rings (SSSR count). The monoisotopic (exact) mass is 238 g/mol. The van der Waals surface area contributed by atoms with Crippen molar-refractivity contribution in [3.63, 3.8) is 0 Å². The summed E-state index contributed by atoms with van der Waals surface area (Å²) in [6, 6.07) is 2.43. The van der Waals surface area contributed by atoms with Crippen molar-refractivity contribution < 1.29 is 13.2 Å². The van der Waals surface area contributed by atoms with E-state index in [1.165, 1.54) is 12.1 Å². The second-order valence-corrected chi connectivity index (χ2v) is 3.08. The summed E-state index contributed by atoms with van der Waals surface area (Å²) >= 11 is 5.44. The molecular formula is C7H6ClF3N4. The van der Waals surface area contributed by atoms with Gasteiger partial charge >= 0.3 is 6.18 Å². The first-order valence-electron chi connectivity index (χ1n) is 3.74. The van der Waals surface area contributed by atoms with Gasteiger partial charge in [0.1, 0.15) is 22.9 Å². The van der Waals surface area contributed by atoms with Gasteiger partial charge in [-0.2, -0.15) is 18.3 Å². The maximum atomic E-state index is 11.9. The molecule has 1 aromatic heterocycles. The molecule has 0 atom stereocenters. The lowest BCUT2D eigenvalue weighted by Crippen LogP contribution is -2.31. The van der Waals surface area contributed by atoms with Crippen LogP contribution in [-0.2, 0) is 0 Å². The minimum absolute atomic E-state index is 0.0714. The van der Waals surface area contributed by atoms with Crippen LogP contribution in [0.2, 0.25) is 5.15 Å². The molecule has 0 fully saturated rings. The highest BCUT2D eigenvalue weighted by Gasteiger charge is 2.30. The minimum Gasteiger partial charge on any atom is -0.286 e. The first kappa shape index (κ1) is 11.7. The van der Waals surface area contributed by atoms with Gasteiger partial charge in [-0.25, -0.2) is 4.68 Å². The molecule has 0 bridgehead atoms. The van der Waals surface area contributed by atoms with E-state index in [-0.39, 0.29) is 10.6 Å². The van der Waals surface area contributed by atoms with E-state index >= 15 is 0 Å². The molecular weight excluding hydrogens is 233 g/mol. The Bertz CT molecular complexity index is 437. The molecule has 0 aliphatic heterocycles. The summed E-state index contributed by atoms with van der Waals surface area (Å²) < 4.78 is 36.4. The van der Waals surface area contributed by atoms with Crippen molar-refractivity contribution in [1.82, 2.24) is 9.78 Å². The number of hydrogen-bond donors (Lipinski definition) is 2. The van der Waals surface area contributed by atoms with Gasteiger partial charge in [-0.1, -0.05) is 11.6 Å². The van der Waals surface area contributed by atoms with E-state index in [9.17, 15) is 13.2 Å². The lowest BCUT2D eigenvalue weighted by Gasteiger charge is -2.09. The van der Waals surface area contributed by atoms with Crippen LogP contribution in [0.3, 0.4) is 0 Å². The molecule has 0 unspecified atom stereocenters. The number of aromatic nitrogens is 2. The zero-order valence-corrected chi connectivity index (χ0v) is 8.02. The predicted octanol–water partition coefficient (Wildman–Crippen LogP) is 1.79. The second kappa shape index (κ2) is 4.01. The number of hydrogen-bond acceptors (Lipinski definition) is 3. The number of nitrogens with zero attached hydrogens (tertiary/aromatic N) is 2. The van der Waals surface area contributed by atoms with Gasteiger partial charge in [-0.05, 0) is 12.1 Å². The largest absolute Gasteiger partial charge is 0.396 e. The molecule has 0 spiro atoms. The van der Waals surface area contributed by atoms with Crippen molar-refractivity contribution in [2.24, 2.45) is 0 Å². The SMILES string of the molecule is N=C(CC(F)(F)F)n1nc(Cl)ccc1=N. The van der Waals surface area contributed by atoms with Gasteiger partial charge in [0, 0.05) is 0 Å². The number of alkyl halides is 3. The summed E-state index contributed by atoms with van der Waals surface area (Å²) in [6.07, 6.45) is -5.95. The Kier molecular flexibility index (Phi) is 3.13. The standard InChI is InChI=1S/C7H6ClF3N4/c8-4-1-2-5(12)15(14-4)6(13)3-7(9,10)11/h1-2,12-13H,3H2. The molecule has 82 valence electrons. The first-order chi connectivity index (χ1) is 6.79. The van der Waals surface area contributed by atoms with E-state index in [0.717, 1.165) is 0 Å². The van der Waals surface area contributed by atoms with Gasteiger partial charge in [0.05, 0.1) is 0 Å². The summed E-state index contributed by atoms with van der Waals surface area (Å²) in [7, 11) is 0. The van der Waals surface area contributed by atoms with Crippen molar-refractivity contribution in [1.29, 1.82) is 10.8 Å². The molecule has 15 heavy (non-hydrogen) atoms. The third kappa shape index (κ3) is 3.35. The maximum Gasteiger partial charge on any atom is 0.396 e. The molecule has 1 heterocycles. The van der Waals surface area contributed by atoms with Crippen LogP contribution in [0.5, 0.6) is 0 Å². The third-order valence-electron chi connectivity index (χ3n) is 1.43. The Hall–Kier alpha value is -1.37. The van der Waals surface area contributed by atoms with Crippen molar-refractivity contribution in [3.05, 3.63) is 22.8 Å². The van der Waals surface area contributed by atoms with Crippen molar-refractivity contribution in [2.45, 2.75) is 12.6 Å². The second-order valence-electron chi connectivity index (χ2n) is 2.69. The van der Waals surface area contributed by atoms with Crippen LogP contribution in [0, 0.1) is 10.8 Å². The summed E-state index contributed by atoms with van der Waals surface area (Å²) in [5.41, 5.74) is -0.325. The van der Waals surface area contributed by atoms with E-state index in [4.69, 9.17) is 22.4 Å². The van der Waals surface area contributed by atoms with Crippen molar-refractivity contribution in [3.8, 4) is 0 Å². The Labute approximate surface area is 87.3 Å². The van der Waals surface area contributed by atoms with E-state index < -0.39 is 18.4 Å². The third-order valence-corrected chi connectivity index (χ3v) is 1.63. The van der Waals surface area contributed by atoms with E-state index in [0.29, 0.717) is 4.68 Å². The van der Waals surface area contributed by atoms with Gasteiger partial charge in [0.15, 0.2) is 0 Å². The summed E-state index contributed by atoms with van der Waals surface area (Å²) in [4.78, 5) is 0. The summed E-state index contributed by atoms with van der Waals surface area (Å²) in [6.45, 7) is 0. The molecule has 1 aromatic rings. The van der Waals surface area contributed by atoms with E-state index in [1.807, 2.05) is 0 Å². The van der Waals surface area contributed by atoms with Gasteiger partial charge < -0.3 is 0 Å². The highest BCUT2D eigenvalue weighted by atomic mass is 35.5. The highest BCUT2D eigenvalue weighted by Crippen LogP contribution is 2.19. The maximum absolute atomic E-state index is 11.9. The highest BCUT2D eigenvalue weighted by molar-refractivity contribution is 6.29. The molecule has 0 radical (unpaired) electrons. The quantitative estimate of drug-likeness (QED) is 0.569. The molecule has 0 aliphatic carbocycles. The Morgan fingerprint density at radius 1 is 1.47 bits per heavy atom. The van der Waals surface area contributed by atoms with E-state index in [1.54, 1.807) is 0 Å². The predicted molar refractivity (Wildman–Crippen MR) is 46.9 cm³/mol. The van der Waals surface area contributed by atoms with E-state index in [2.05, 4.69) is 5.10 Å². The fourth-order valence-corrected chi connectivity index (χ4v) is 1.01. The van der Waals surface area contributed by atoms with Crippen LogP contribution in [-0.4, -0.2) is 21.8 Å². The fourth-order valence-electron chi connectivity index (χ4n) is 0.872. The van der Waals surface area contributed by atoms with Gasteiger partial charge in [-0.15, -0.1) is 0 Å². The van der Waals surface area contributed by atoms with Crippen LogP contribution in [0.1, 0.15) is 6.42 Å². The molecule has 0 aliphatic rings. The van der Waals surface area contributed by atoms with Crippen LogP contribution in [0.15, 0.2) is 12.1 Å². The topological polar surface area (TPSA) is 65.5 Å². The molecule has 0 saturated carbocycles. The zero-order valence-electron chi connectivity index (χ0n) is 7.27. The molecule has 2 N–H and O–H groups in total. The van der Waals surface area contributed by atoms with Crippen molar-refractivity contribution in [2.75, 3.05) is 0 Å². The molecule has 0 aromatic carbocycles. The normalized spacial score (nSPS) is 11.5. The average molecular weight is 239 g/mol. The summed E-state index contributed by atoms with van der Waals surface area (Å²) in [5, 5.41) is 17.7. The molecule has 0 saturated heterocycles. The molecule has 4 nitrogen and oxygen atoms in total. The molecule has 0 amide bonds. The number of nitrogens with one attached hydrogen (secondary N) is 2. The average Bonchev–Trinajstić information content (AvgIpc) is 2.06. The number of rotatable bonds is 1. The fraction of sp³-hybridized carbons (Fsp3) is 0.286. The molecule has 8 heteroatoms. The first-order valence-corrected chi connectivity index (χ1v) is 4.12.